The SMILES string of the molecule is CC#CC(=O)NCCCOC1CCNCC1. The van der Waals surface area contributed by atoms with Crippen molar-refractivity contribution in [2.45, 2.75) is 32.3 Å². The van der Waals surface area contributed by atoms with Gasteiger partial charge in [-0.1, -0.05) is 5.92 Å². The van der Waals surface area contributed by atoms with Gasteiger partial charge in [-0.05, 0) is 45.2 Å². The van der Waals surface area contributed by atoms with Gasteiger partial charge in [-0.2, -0.15) is 0 Å². The Morgan fingerprint density at radius 1 is 1.50 bits per heavy atom. The third-order valence-corrected chi connectivity index (χ3v) is 2.48. The fourth-order valence-electron chi connectivity index (χ4n) is 1.64. The number of carbonyl (C=O) groups excluding carboxylic acids is 1. The molecule has 90 valence electrons. The van der Waals surface area contributed by atoms with E-state index in [1.165, 1.54) is 0 Å². The summed E-state index contributed by atoms with van der Waals surface area (Å²) in [7, 11) is 0. The molecule has 0 unspecified atom stereocenters. The number of hydrogen-bond donors (Lipinski definition) is 2. The molecule has 0 bridgehead atoms. The Morgan fingerprint density at radius 3 is 2.94 bits per heavy atom. The van der Waals surface area contributed by atoms with Crippen LogP contribution in [0, 0.1) is 11.8 Å². The highest BCUT2D eigenvalue weighted by Crippen LogP contribution is 2.06. The Hall–Kier alpha value is -1.05. The predicted molar refractivity (Wildman–Crippen MR) is 62.9 cm³/mol. The average molecular weight is 224 g/mol. The fourth-order valence-corrected chi connectivity index (χ4v) is 1.64. The second kappa shape index (κ2) is 8.14. The number of amides is 1. The summed E-state index contributed by atoms with van der Waals surface area (Å²) in [6, 6.07) is 0. The first-order valence-corrected chi connectivity index (χ1v) is 5.86. The molecule has 2 N–H and O–H groups in total. The largest absolute Gasteiger partial charge is 0.378 e. The molecular formula is C12H20N2O2. The van der Waals surface area contributed by atoms with Gasteiger partial charge in [-0.15, -0.1) is 0 Å². The van der Waals surface area contributed by atoms with Crippen molar-refractivity contribution in [3.8, 4) is 11.8 Å². The maximum absolute atomic E-state index is 11.0. The Kier molecular flexibility index (Phi) is 6.62. The van der Waals surface area contributed by atoms with Crippen LogP contribution >= 0.6 is 0 Å². The van der Waals surface area contributed by atoms with Crippen molar-refractivity contribution >= 4 is 5.91 Å². The maximum Gasteiger partial charge on any atom is 0.295 e. The summed E-state index contributed by atoms with van der Waals surface area (Å²) in [6.45, 7) is 5.10. The lowest BCUT2D eigenvalue weighted by molar-refractivity contribution is -0.115. The van der Waals surface area contributed by atoms with Crippen LogP contribution in [0.3, 0.4) is 0 Å². The molecule has 0 radical (unpaired) electrons. The van der Waals surface area contributed by atoms with E-state index in [1.54, 1.807) is 6.92 Å². The van der Waals surface area contributed by atoms with E-state index in [2.05, 4.69) is 22.5 Å². The van der Waals surface area contributed by atoms with Crippen LogP contribution in [0.4, 0.5) is 0 Å². The third-order valence-electron chi connectivity index (χ3n) is 2.48. The molecule has 1 aliphatic heterocycles. The number of nitrogens with one attached hydrogen (secondary N) is 2. The molecule has 16 heavy (non-hydrogen) atoms. The molecule has 0 aliphatic carbocycles. The molecule has 1 saturated heterocycles. The molecule has 1 heterocycles. The zero-order chi connectivity index (χ0) is 11.6. The molecule has 1 aliphatic rings. The standard InChI is InChI=1S/C12H20N2O2/c1-2-4-12(15)14-7-3-10-16-11-5-8-13-9-6-11/h11,13H,3,5-10H2,1H3,(H,14,15). The Labute approximate surface area is 97.1 Å². The van der Waals surface area contributed by atoms with Crippen molar-refractivity contribution in [3.63, 3.8) is 0 Å². The summed E-state index contributed by atoms with van der Waals surface area (Å²) in [4.78, 5) is 11.0. The topological polar surface area (TPSA) is 50.4 Å². The van der Waals surface area contributed by atoms with Gasteiger partial charge in [0.25, 0.3) is 5.91 Å². The number of carbonyl (C=O) groups is 1. The van der Waals surface area contributed by atoms with Gasteiger partial charge in [-0.25, -0.2) is 0 Å². The summed E-state index contributed by atoms with van der Waals surface area (Å²) in [6.07, 6.45) is 3.43. The van der Waals surface area contributed by atoms with Crippen LogP contribution < -0.4 is 10.6 Å². The van der Waals surface area contributed by atoms with Crippen LogP contribution in [0.1, 0.15) is 26.2 Å². The van der Waals surface area contributed by atoms with E-state index in [4.69, 9.17) is 4.74 Å². The third kappa shape index (κ3) is 5.74. The number of piperidine rings is 1. The molecule has 1 rings (SSSR count). The highest BCUT2D eigenvalue weighted by Gasteiger charge is 2.12. The monoisotopic (exact) mass is 224 g/mol. The molecular weight excluding hydrogens is 204 g/mol. The Bertz CT molecular complexity index is 262. The molecule has 1 amide bonds. The summed E-state index contributed by atoms with van der Waals surface area (Å²) < 4.78 is 5.70. The van der Waals surface area contributed by atoms with Crippen LogP contribution in [-0.2, 0) is 9.53 Å². The summed E-state index contributed by atoms with van der Waals surface area (Å²) >= 11 is 0. The van der Waals surface area contributed by atoms with Crippen molar-refractivity contribution in [3.05, 3.63) is 0 Å². The quantitative estimate of drug-likeness (QED) is 0.521. The molecule has 0 atom stereocenters. The number of rotatable bonds is 5. The normalized spacial score (nSPS) is 16.3. The second-order valence-electron chi connectivity index (χ2n) is 3.80. The zero-order valence-electron chi connectivity index (χ0n) is 9.84. The van der Waals surface area contributed by atoms with E-state index in [1.807, 2.05) is 0 Å². The van der Waals surface area contributed by atoms with Gasteiger partial charge in [0, 0.05) is 13.2 Å². The summed E-state index contributed by atoms with van der Waals surface area (Å²) in [5.41, 5.74) is 0. The lowest BCUT2D eigenvalue weighted by Gasteiger charge is -2.22. The second-order valence-corrected chi connectivity index (χ2v) is 3.80. The van der Waals surface area contributed by atoms with Gasteiger partial charge in [0.05, 0.1) is 6.10 Å². The van der Waals surface area contributed by atoms with Gasteiger partial charge < -0.3 is 15.4 Å². The van der Waals surface area contributed by atoms with Gasteiger partial charge >= 0.3 is 0 Å². The van der Waals surface area contributed by atoms with Gasteiger partial charge in [-0.3, -0.25) is 4.79 Å². The minimum Gasteiger partial charge on any atom is -0.378 e. The van der Waals surface area contributed by atoms with Crippen molar-refractivity contribution in [2.24, 2.45) is 0 Å². The molecule has 0 aromatic carbocycles. The summed E-state index contributed by atoms with van der Waals surface area (Å²) in [5.74, 6) is 4.79. The Morgan fingerprint density at radius 2 is 2.25 bits per heavy atom. The van der Waals surface area contributed by atoms with Crippen molar-refractivity contribution in [1.82, 2.24) is 10.6 Å². The first kappa shape index (κ1) is 13.0. The molecule has 0 spiro atoms. The lowest BCUT2D eigenvalue weighted by Crippen LogP contribution is -2.33. The highest BCUT2D eigenvalue weighted by atomic mass is 16.5. The fraction of sp³-hybridized carbons (Fsp3) is 0.750. The minimum absolute atomic E-state index is 0.204. The predicted octanol–water partition coefficient (Wildman–Crippen LogP) is 0.285. The number of hydrogen-bond acceptors (Lipinski definition) is 3. The van der Waals surface area contributed by atoms with Gasteiger partial charge in [0.2, 0.25) is 0 Å². The van der Waals surface area contributed by atoms with E-state index in [0.717, 1.165) is 32.4 Å². The molecule has 4 heteroatoms. The molecule has 0 aromatic rings. The van der Waals surface area contributed by atoms with E-state index >= 15 is 0 Å². The van der Waals surface area contributed by atoms with E-state index in [-0.39, 0.29) is 5.91 Å². The number of ether oxygens (including phenoxy) is 1. The van der Waals surface area contributed by atoms with Crippen molar-refractivity contribution in [2.75, 3.05) is 26.2 Å². The van der Waals surface area contributed by atoms with E-state index < -0.39 is 0 Å². The summed E-state index contributed by atoms with van der Waals surface area (Å²) in [5, 5.41) is 6.01. The van der Waals surface area contributed by atoms with E-state index in [0.29, 0.717) is 19.3 Å². The van der Waals surface area contributed by atoms with Crippen LogP contribution in [0.5, 0.6) is 0 Å². The molecule has 0 saturated carbocycles. The smallest absolute Gasteiger partial charge is 0.295 e. The minimum atomic E-state index is -0.204. The van der Waals surface area contributed by atoms with Crippen LogP contribution in [0.15, 0.2) is 0 Å². The van der Waals surface area contributed by atoms with Crippen LogP contribution in [0.2, 0.25) is 0 Å². The van der Waals surface area contributed by atoms with Crippen molar-refractivity contribution in [1.29, 1.82) is 0 Å². The van der Waals surface area contributed by atoms with Gasteiger partial charge in [0.15, 0.2) is 0 Å². The molecule has 0 aromatic heterocycles. The van der Waals surface area contributed by atoms with Crippen molar-refractivity contribution < 1.29 is 9.53 Å². The molecule has 1 fully saturated rings. The van der Waals surface area contributed by atoms with Gasteiger partial charge in [0.1, 0.15) is 0 Å². The highest BCUT2D eigenvalue weighted by molar-refractivity contribution is 5.93. The molecule has 4 nitrogen and oxygen atoms in total. The Balaban J connectivity index is 1.94. The lowest BCUT2D eigenvalue weighted by atomic mass is 10.1. The van der Waals surface area contributed by atoms with Crippen LogP contribution in [0.25, 0.3) is 0 Å². The maximum atomic E-state index is 11.0. The average Bonchev–Trinajstić information content (AvgIpc) is 2.30. The van der Waals surface area contributed by atoms with Crippen LogP contribution in [-0.4, -0.2) is 38.3 Å². The zero-order valence-corrected chi connectivity index (χ0v) is 9.84. The van der Waals surface area contributed by atoms with E-state index in [9.17, 15) is 4.79 Å². The first-order valence-electron chi connectivity index (χ1n) is 5.86. The first-order chi connectivity index (χ1) is 7.83.